The van der Waals surface area contributed by atoms with Gasteiger partial charge in [0.2, 0.25) is 5.88 Å². The minimum absolute atomic E-state index is 0.408. The molecule has 0 radical (unpaired) electrons. The van der Waals surface area contributed by atoms with E-state index in [4.69, 9.17) is 4.74 Å². The van der Waals surface area contributed by atoms with Crippen molar-refractivity contribution in [1.82, 2.24) is 4.98 Å². The fourth-order valence-electron chi connectivity index (χ4n) is 1.62. The molecule has 1 aliphatic rings. The van der Waals surface area contributed by atoms with Crippen LogP contribution >= 0.6 is 0 Å². The Balaban J connectivity index is 1.91. The first-order valence-corrected chi connectivity index (χ1v) is 4.83. The van der Waals surface area contributed by atoms with Gasteiger partial charge in [0.15, 0.2) is 0 Å². The molecule has 0 atom stereocenters. The molecule has 70 valence electrons. The van der Waals surface area contributed by atoms with Crippen LogP contribution in [0, 0.1) is 12.8 Å². The Hall–Kier alpha value is -1.05. The second-order valence-electron chi connectivity index (χ2n) is 3.99. The normalized spacial score (nSPS) is 26.6. The lowest BCUT2D eigenvalue weighted by molar-refractivity contribution is 0.0695. The molecule has 2 nitrogen and oxygen atoms in total. The van der Waals surface area contributed by atoms with Crippen LogP contribution in [0.2, 0.25) is 0 Å². The van der Waals surface area contributed by atoms with E-state index in [1.807, 2.05) is 25.3 Å². The average Bonchev–Trinajstić information content (AvgIpc) is 2.06. The third kappa shape index (κ3) is 2.00. The van der Waals surface area contributed by atoms with Gasteiger partial charge in [0.25, 0.3) is 0 Å². The van der Waals surface area contributed by atoms with E-state index in [1.54, 1.807) is 0 Å². The fraction of sp³-hybridized carbons (Fsp3) is 0.545. The Bertz CT molecular complexity index is 275. The standard InChI is InChI=1S/C11H15NO/c1-8-3-4-11(12-7-8)13-10-5-9(2)6-10/h3-4,7,9-10H,5-6H2,1-2H3/t9-,10-. The van der Waals surface area contributed by atoms with Gasteiger partial charge in [-0.1, -0.05) is 13.0 Å². The molecule has 0 unspecified atom stereocenters. The zero-order chi connectivity index (χ0) is 9.26. The molecule has 2 rings (SSSR count). The quantitative estimate of drug-likeness (QED) is 0.692. The van der Waals surface area contributed by atoms with Gasteiger partial charge in [-0.2, -0.15) is 0 Å². The number of nitrogens with zero attached hydrogens (tertiary/aromatic N) is 1. The average molecular weight is 177 g/mol. The van der Waals surface area contributed by atoms with Gasteiger partial charge in [-0.15, -0.1) is 0 Å². The highest BCUT2D eigenvalue weighted by atomic mass is 16.5. The Labute approximate surface area is 78.9 Å². The molecule has 0 bridgehead atoms. The fourth-order valence-corrected chi connectivity index (χ4v) is 1.62. The molecular weight excluding hydrogens is 162 g/mol. The van der Waals surface area contributed by atoms with Crippen molar-refractivity contribution in [3.05, 3.63) is 23.9 Å². The Morgan fingerprint density at radius 2 is 2.15 bits per heavy atom. The summed E-state index contributed by atoms with van der Waals surface area (Å²) in [5, 5.41) is 0. The van der Waals surface area contributed by atoms with Gasteiger partial charge in [-0.05, 0) is 31.2 Å². The Kier molecular flexibility index (Phi) is 2.21. The van der Waals surface area contributed by atoms with Crippen LogP contribution in [0.15, 0.2) is 18.3 Å². The predicted molar refractivity (Wildman–Crippen MR) is 51.8 cm³/mol. The van der Waals surface area contributed by atoms with Crippen molar-refractivity contribution in [3.63, 3.8) is 0 Å². The van der Waals surface area contributed by atoms with Gasteiger partial charge in [0.1, 0.15) is 6.10 Å². The van der Waals surface area contributed by atoms with Crippen molar-refractivity contribution >= 4 is 0 Å². The van der Waals surface area contributed by atoms with Crippen LogP contribution in [-0.4, -0.2) is 11.1 Å². The van der Waals surface area contributed by atoms with Crippen molar-refractivity contribution in [1.29, 1.82) is 0 Å². The third-order valence-corrected chi connectivity index (χ3v) is 2.50. The highest BCUT2D eigenvalue weighted by molar-refractivity contribution is 5.16. The van der Waals surface area contributed by atoms with Crippen LogP contribution in [0.3, 0.4) is 0 Å². The zero-order valence-electron chi connectivity index (χ0n) is 8.16. The maximum Gasteiger partial charge on any atom is 0.213 e. The molecule has 1 fully saturated rings. The molecule has 1 aromatic rings. The molecule has 13 heavy (non-hydrogen) atoms. The molecule has 0 N–H and O–H groups in total. The van der Waals surface area contributed by atoms with E-state index in [1.165, 1.54) is 18.4 Å². The van der Waals surface area contributed by atoms with Gasteiger partial charge >= 0.3 is 0 Å². The van der Waals surface area contributed by atoms with Crippen LogP contribution < -0.4 is 4.74 Å². The van der Waals surface area contributed by atoms with Crippen molar-refractivity contribution < 1.29 is 4.74 Å². The minimum Gasteiger partial charge on any atom is -0.474 e. The van der Waals surface area contributed by atoms with E-state index in [0.29, 0.717) is 6.10 Å². The molecule has 0 aromatic carbocycles. The molecular formula is C11H15NO. The largest absolute Gasteiger partial charge is 0.474 e. The number of aryl methyl sites for hydroxylation is 1. The molecule has 0 spiro atoms. The van der Waals surface area contributed by atoms with Gasteiger partial charge < -0.3 is 4.74 Å². The summed E-state index contributed by atoms with van der Waals surface area (Å²) in [6.07, 6.45) is 4.60. The molecule has 1 heterocycles. The first kappa shape index (κ1) is 8.54. The van der Waals surface area contributed by atoms with Crippen molar-refractivity contribution in [2.75, 3.05) is 0 Å². The van der Waals surface area contributed by atoms with E-state index in [2.05, 4.69) is 11.9 Å². The van der Waals surface area contributed by atoms with Gasteiger partial charge in [0, 0.05) is 12.3 Å². The molecule has 1 aromatic heterocycles. The van der Waals surface area contributed by atoms with E-state index in [9.17, 15) is 0 Å². The summed E-state index contributed by atoms with van der Waals surface area (Å²) in [5.74, 6) is 1.60. The molecule has 2 heteroatoms. The number of hydrogen-bond acceptors (Lipinski definition) is 2. The van der Waals surface area contributed by atoms with E-state index in [-0.39, 0.29) is 0 Å². The Morgan fingerprint density at radius 3 is 2.69 bits per heavy atom. The highest BCUT2D eigenvalue weighted by Gasteiger charge is 2.27. The lowest BCUT2D eigenvalue weighted by Crippen LogP contribution is -2.32. The van der Waals surface area contributed by atoms with Crippen molar-refractivity contribution in [3.8, 4) is 5.88 Å². The van der Waals surface area contributed by atoms with E-state index < -0.39 is 0 Å². The maximum absolute atomic E-state index is 5.66. The summed E-state index contributed by atoms with van der Waals surface area (Å²) < 4.78 is 5.66. The minimum atomic E-state index is 0.408. The summed E-state index contributed by atoms with van der Waals surface area (Å²) in [6, 6.07) is 3.97. The van der Waals surface area contributed by atoms with E-state index in [0.717, 1.165) is 11.8 Å². The molecule has 1 aliphatic carbocycles. The predicted octanol–water partition coefficient (Wildman–Crippen LogP) is 2.57. The second kappa shape index (κ2) is 3.36. The van der Waals surface area contributed by atoms with Crippen molar-refractivity contribution in [2.45, 2.75) is 32.8 Å². The number of pyridine rings is 1. The molecule has 0 aliphatic heterocycles. The molecule has 1 saturated carbocycles. The molecule has 0 saturated heterocycles. The van der Waals surface area contributed by atoms with E-state index >= 15 is 0 Å². The highest BCUT2D eigenvalue weighted by Crippen LogP contribution is 2.29. The summed E-state index contributed by atoms with van der Waals surface area (Å²) in [6.45, 7) is 4.28. The van der Waals surface area contributed by atoms with Crippen LogP contribution in [0.1, 0.15) is 25.3 Å². The topological polar surface area (TPSA) is 22.1 Å². The van der Waals surface area contributed by atoms with Gasteiger partial charge in [-0.3, -0.25) is 0 Å². The van der Waals surface area contributed by atoms with Gasteiger partial charge in [-0.25, -0.2) is 4.98 Å². The van der Waals surface area contributed by atoms with Crippen LogP contribution in [0.4, 0.5) is 0 Å². The lowest BCUT2D eigenvalue weighted by Gasteiger charge is -2.32. The Morgan fingerprint density at radius 1 is 1.38 bits per heavy atom. The molecule has 0 amide bonds. The monoisotopic (exact) mass is 177 g/mol. The van der Waals surface area contributed by atoms with Gasteiger partial charge in [0.05, 0.1) is 0 Å². The number of hydrogen-bond donors (Lipinski definition) is 0. The zero-order valence-corrected chi connectivity index (χ0v) is 8.16. The van der Waals surface area contributed by atoms with Crippen LogP contribution in [0.25, 0.3) is 0 Å². The number of aromatic nitrogens is 1. The lowest BCUT2D eigenvalue weighted by atomic mass is 9.84. The van der Waals surface area contributed by atoms with Crippen molar-refractivity contribution in [2.24, 2.45) is 5.92 Å². The number of ether oxygens (including phenoxy) is 1. The first-order chi connectivity index (χ1) is 6.24. The summed E-state index contributed by atoms with van der Waals surface area (Å²) in [7, 11) is 0. The van der Waals surface area contributed by atoms with Crippen LogP contribution in [0.5, 0.6) is 5.88 Å². The third-order valence-electron chi connectivity index (χ3n) is 2.50. The SMILES string of the molecule is Cc1ccc(O[C@H]2C[C@H](C)C2)nc1. The summed E-state index contributed by atoms with van der Waals surface area (Å²) in [5.41, 5.74) is 1.18. The van der Waals surface area contributed by atoms with Crippen LogP contribution in [-0.2, 0) is 0 Å². The second-order valence-corrected chi connectivity index (χ2v) is 3.99. The summed E-state index contributed by atoms with van der Waals surface area (Å²) in [4.78, 5) is 4.20. The first-order valence-electron chi connectivity index (χ1n) is 4.83. The maximum atomic E-state index is 5.66. The summed E-state index contributed by atoms with van der Waals surface area (Å²) >= 11 is 0. The smallest absolute Gasteiger partial charge is 0.213 e. The number of rotatable bonds is 2.